The Bertz CT molecular complexity index is 847. The lowest BCUT2D eigenvalue weighted by Gasteiger charge is -2.14. The summed E-state index contributed by atoms with van der Waals surface area (Å²) in [6.07, 6.45) is 0.961. The average Bonchev–Trinajstić information content (AvgIpc) is 2.64. The van der Waals surface area contributed by atoms with Gasteiger partial charge in [-0.05, 0) is 35.4 Å². The first-order valence-electron chi connectivity index (χ1n) is 8.40. The van der Waals surface area contributed by atoms with Crippen LogP contribution in [-0.4, -0.2) is 19.1 Å². The molecular formula is C21H22N2O2. The van der Waals surface area contributed by atoms with Crippen LogP contribution in [0, 0.1) is 0 Å². The minimum Gasteiger partial charge on any atom is -0.483 e. The van der Waals surface area contributed by atoms with Crippen molar-refractivity contribution in [1.29, 1.82) is 0 Å². The lowest BCUT2D eigenvalue weighted by Crippen LogP contribution is -2.22. The number of benzene rings is 3. The molecule has 3 aromatic carbocycles. The number of amides is 1. The standard InChI is InChI=1S/C21H22N2O2/c22-21(24)15-25-20-11-10-17-8-4-5-9-18(17)19(20)14-23-13-12-16-6-2-1-3-7-16/h1-11,23H,12-15H2,(H2,22,24). The van der Waals surface area contributed by atoms with Crippen molar-refractivity contribution in [3.8, 4) is 5.75 Å². The van der Waals surface area contributed by atoms with Crippen LogP contribution in [0.15, 0.2) is 66.7 Å². The van der Waals surface area contributed by atoms with E-state index in [9.17, 15) is 4.79 Å². The minimum atomic E-state index is -0.476. The fraction of sp³-hybridized carbons (Fsp3) is 0.190. The lowest BCUT2D eigenvalue weighted by atomic mass is 10.0. The summed E-state index contributed by atoms with van der Waals surface area (Å²) in [5, 5.41) is 5.74. The van der Waals surface area contributed by atoms with Crippen LogP contribution in [0.5, 0.6) is 5.75 Å². The Morgan fingerprint density at radius 3 is 2.52 bits per heavy atom. The number of rotatable bonds is 8. The van der Waals surface area contributed by atoms with Crippen molar-refractivity contribution >= 4 is 16.7 Å². The molecule has 3 N–H and O–H groups in total. The van der Waals surface area contributed by atoms with Crippen molar-refractivity contribution in [3.63, 3.8) is 0 Å². The molecule has 0 saturated carbocycles. The number of primary amides is 1. The molecule has 0 bridgehead atoms. The Morgan fingerprint density at radius 1 is 0.960 bits per heavy atom. The van der Waals surface area contributed by atoms with Crippen LogP contribution in [0.1, 0.15) is 11.1 Å². The predicted octanol–water partition coefficient (Wildman–Crippen LogP) is 3.04. The van der Waals surface area contributed by atoms with Crippen molar-refractivity contribution in [2.45, 2.75) is 13.0 Å². The smallest absolute Gasteiger partial charge is 0.255 e. The van der Waals surface area contributed by atoms with Gasteiger partial charge in [-0.25, -0.2) is 0 Å². The largest absolute Gasteiger partial charge is 0.483 e. The molecule has 0 atom stereocenters. The van der Waals surface area contributed by atoms with Gasteiger partial charge in [0.15, 0.2) is 6.61 Å². The summed E-state index contributed by atoms with van der Waals surface area (Å²) in [4.78, 5) is 11.0. The minimum absolute atomic E-state index is 0.116. The van der Waals surface area contributed by atoms with Crippen LogP contribution in [0.2, 0.25) is 0 Å². The van der Waals surface area contributed by atoms with Crippen molar-refractivity contribution in [2.75, 3.05) is 13.2 Å². The van der Waals surface area contributed by atoms with Crippen molar-refractivity contribution in [3.05, 3.63) is 77.9 Å². The maximum atomic E-state index is 11.0. The van der Waals surface area contributed by atoms with Gasteiger partial charge in [-0.15, -0.1) is 0 Å². The SMILES string of the molecule is NC(=O)COc1ccc2ccccc2c1CNCCc1ccccc1. The van der Waals surface area contributed by atoms with Gasteiger partial charge in [0.2, 0.25) is 0 Å². The zero-order valence-corrected chi connectivity index (χ0v) is 14.1. The average molecular weight is 334 g/mol. The summed E-state index contributed by atoms with van der Waals surface area (Å²) >= 11 is 0. The molecule has 3 rings (SSSR count). The first-order valence-corrected chi connectivity index (χ1v) is 8.40. The van der Waals surface area contributed by atoms with Crippen molar-refractivity contribution in [2.24, 2.45) is 5.73 Å². The summed E-state index contributed by atoms with van der Waals surface area (Å²) in [5.41, 5.74) is 7.56. The Balaban J connectivity index is 1.73. The van der Waals surface area contributed by atoms with E-state index in [4.69, 9.17) is 10.5 Å². The van der Waals surface area contributed by atoms with Crippen LogP contribution in [0.3, 0.4) is 0 Å². The van der Waals surface area contributed by atoms with Crippen LogP contribution < -0.4 is 15.8 Å². The van der Waals surface area contributed by atoms with E-state index >= 15 is 0 Å². The van der Waals surface area contributed by atoms with E-state index in [1.165, 1.54) is 5.56 Å². The molecule has 4 nitrogen and oxygen atoms in total. The van der Waals surface area contributed by atoms with Gasteiger partial charge in [0.25, 0.3) is 5.91 Å². The summed E-state index contributed by atoms with van der Waals surface area (Å²) in [7, 11) is 0. The molecule has 0 heterocycles. The maximum Gasteiger partial charge on any atom is 0.255 e. The molecule has 0 aromatic heterocycles. The fourth-order valence-electron chi connectivity index (χ4n) is 2.87. The highest BCUT2D eigenvalue weighted by Gasteiger charge is 2.09. The normalized spacial score (nSPS) is 10.7. The monoisotopic (exact) mass is 334 g/mol. The Morgan fingerprint density at radius 2 is 1.72 bits per heavy atom. The second kappa shape index (κ2) is 8.31. The Kier molecular flexibility index (Phi) is 5.65. The fourth-order valence-corrected chi connectivity index (χ4v) is 2.87. The molecule has 3 aromatic rings. The molecule has 1 amide bonds. The van der Waals surface area contributed by atoms with Crippen LogP contribution in [0.4, 0.5) is 0 Å². The van der Waals surface area contributed by atoms with Gasteiger partial charge in [0.1, 0.15) is 5.75 Å². The molecular weight excluding hydrogens is 312 g/mol. The lowest BCUT2D eigenvalue weighted by molar-refractivity contribution is -0.119. The number of nitrogens with one attached hydrogen (secondary N) is 1. The van der Waals surface area contributed by atoms with Gasteiger partial charge in [-0.3, -0.25) is 4.79 Å². The number of hydrogen-bond donors (Lipinski definition) is 2. The van der Waals surface area contributed by atoms with E-state index in [2.05, 4.69) is 41.7 Å². The number of ether oxygens (including phenoxy) is 1. The second-order valence-electron chi connectivity index (χ2n) is 5.93. The van der Waals surface area contributed by atoms with E-state index < -0.39 is 5.91 Å². The predicted molar refractivity (Wildman–Crippen MR) is 100 cm³/mol. The molecule has 4 heteroatoms. The van der Waals surface area contributed by atoms with Crippen LogP contribution in [0.25, 0.3) is 10.8 Å². The third-order valence-corrected chi connectivity index (χ3v) is 4.10. The molecule has 0 unspecified atom stereocenters. The summed E-state index contributed by atoms with van der Waals surface area (Å²) in [6, 6.07) is 22.4. The molecule has 0 radical (unpaired) electrons. The van der Waals surface area contributed by atoms with Gasteiger partial charge >= 0.3 is 0 Å². The zero-order chi connectivity index (χ0) is 17.5. The van der Waals surface area contributed by atoms with E-state index in [0.717, 1.165) is 29.3 Å². The molecule has 0 aliphatic heterocycles. The first-order chi connectivity index (χ1) is 12.2. The van der Waals surface area contributed by atoms with Gasteiger partial charge in [-0.1, -0.05) is 60.7 Å². The van der Waals surface area contributed by atoms with E-state index in [0.29, 0.717) is 12.3 Å². The topological polar surface area (TPSA) is 64.4 Å². The molecule has 25 heavy (non-hydrogen) atoms. The first kappa shape index (κ1) is 17.0. The van der Waals surface area contributed by atoms with Crippen LogP contribution in [-0.2, 0) is 17.8 Å². The second-order valence-corrected chi connectivity index (χ2v) is 5.93. The van der Waals surface area contributed by atoms with Gasteiger partial charge in [-0.2, -0.15) is 0 Å². The van der Waals surface area contributed by atoms with Crippen LogP contribution >= 0.6 is 0 Å². The molecule has 0 fully saturated rings. The number of hydrogen-bond acceptors (Lipinski definition) is 3. The van der Waals surface area contributed by atoms with E-state index in [-0.39, 0.29) is 6.61 Å². The number of carbonyl (C=O) groups excluding carboxylic acids is 1. The highest BCUT2D eigenvalue weighted by Crippen LogP contribution is 2.28. The third-order valence-electron chi connectivity index (χ3n) is 4.10. The highest BCUT2D eigenvalue weighted by atomic mass is 16.5. The summed E-state index contributed by atoms with van der Waals surface area (Å²) in [5.74, 6) is 0.223. The molecule has 0 spiro atoms. The number of fused-ring (bicyclic) bond motifs is 1. The van der Waals surface area contributed by atoms with Gasteiger partial charge < -0.3 is 15.8 Å². The van der Waals surface area contributed by atoms with E-state index in [1.807, 2.05) is 30.3 Å². The van der Waals surface area contributed by atoms with E-state index in [1.54, 1.807) is 0 Å². The quantitative estimate of drug-likeness (QED) is 0.622. The Hall–Kier alpha value is -2.85. The number of nitrogens with two attached hydrogens (primary N) is 1. The van der Waals surface area contributed by atoms with Crippen molar-refractivity contribution in [1.82, 2.24) is 5.32 Å². The summed E-state index contributed by atoms with van der Waals surface area (Å²) < 4.78 is 5.61. The molecule has 128 valence electrons. The molecule has 0 aliphatic carbocycles. The third kappa shape index (κ3) is 4.58. The van der Waals surface area contributed by atoms with Gasteiger partial charge in [0.05, 0.1) is 0 Å². The zero-order valence-electron chi connectivity index (χ0n) is 14.1. The van der Waals surface area contributed by atoms with Gasteiger partial charge in [0, 0.05) is 12.1 Å². The van der Waals surface area contributed by atoms with Crippen molar-refractivity contribution < 1.29 is 9.53 Å². The maximum absolute atomic E-state index is 11.0. The molecule has 0 aliphatic rings. The highest BCUT2D eigenvalue weighted by molar-refractivity contribution is 5.88. The Labute approximate surface area is 147 Å². The number of carbonyl (C=O) groups is 1. The molecule has 0 saturated heterocycles. The summed E-state index contributed by atoms with van der Waals surface area (Å²) in [6.45, 7) is 1.42.